The highest BCUT2D eigenvalue weighted by Gasteiger charge is 2.12. The van der Waals surface area contributed by atoms with E-state index >= 15 is 0 Å². The lowest BCUT2D eigenvalue weighted by Gasteiger charge is -2.13. The Hall–Kier alpha value is -2.56. The van der Waals surface area contributed by atoms with Gasteiger partial charge in [0.2, 0.25) is 5.88 Å². The molecule has 1 atom stereocenters. The molecule has 20 heavy (non-hydrogen) atoms. The van der Waals surface area contributed by atoms with Crippen LogP contribution < -0.4 is 10.1 Å². The maximum atomic E-state index is 11.4. The van der Waals surface area contributed by atoms with Gasteiger partial charge in [-0.05, 0) is 25.1 Å². The smallest absolute Gasteiger partial charge is 0.327 e. The quantitative estimate of drug-likeness (QED) is 0.848. The van der Waals surface area contributed by atoms with Crippen molar-refractivity contribution in [3.05, 3.63) is 48.7 Å². The fraction of sp³-hybridized carbons (Fsp3) is 0.200. The van der Waals surface area contributed by atoms with Crippen molar-refractivity contribution in [3.63, 3.8) is 0 Å². The van der Waals surface area contributed by atoms with Crippen LogP contribution in [0.5, 0.6) is 11.6 Å². The van der Waals surface area contributed by atoms with Crippen LogP contribution in [0.2, 0.25) is 0 Å². The van der Waals surface area contributed by atoms with Gasteiger partial charge in [-0.25, -0.2) is 9.78 Å². The molecule has 0 saturated heterocycles. The molecule has 5 nitrogen and oxygen atoms in total. The number of carbonyl (C=O) groups excluding carboxylic acids is 1. The summed E-state index contributed by atoms with van der Waals surface area (Å²) < 4.78 is 10.3. The van der Waals surface area contributed by atoms with E-state index in [0.717, 1.165) is 5.69 Å². The first-order valence-corrected chi connectivity index (χ1v) is 6.22. The van der Waals surface area contributed by atoms with Crippen LogP contribution in [0.1, 0.15) is 6.92 Å². The summed E-state index contributed by atoms with van der Waals surface area (Å²) in [6.45, 7) is 1.73. The molecule has 0 radical (unpaired) electrons. The lowest BCUT2D eigenvalue weighted by molar-refractivity contribution is -0.141. The molecule has 0 aliphatic rings. The van der Waals surface area contributed by atoms with E-state index in [1.165, 1.54) is 7.11 Å². The molecule has 1 N–H and O–H groups in total. The highest BCUT2D eigenvalue weighted by Crippen LogP contribution is 2.22. The Labute approximate surface area is 117 Å². The molecule has 0 unspecified atom stereocenters. The summed E-state index contributed by atoms with van der Waals surface area (Å²) >= 11 is 0. The number of esters is 1. The fourth-order valence-electron chi connectivity index (χ4n) is 1.66. The number of rotatable bonds is 5. The number of nitrogens with one attached hydrogen (secondary N) is 1. The zero-order valence-electron chi connectivity index (χ0n) is 11.4. The third-order valence-corrected chi connectivity index (χ3v) is 2.63. The van der Waals surface area contributed by atoms with E-state index in [2.05, 4.69) is 15.0 Å². The number of carbonyl (C=O) groups is 1. The number of hydrogen-bond donors (Lipinski definition) is 1. The molecule has 1 heterocycles. The van der Waals surface area contributed by atoms with E-state index in [1.54, 1.807) is 25.3 Å². The standard InChI is InChI=1S/C15H16N2O3/c1-11(15(18)19-2)17-12-6-5-7-13(10-12)20-14-8-3-4-9-16-14/h3-11,17H,1-2H3/t11-/m0/s1. The molecule has 1 aromatic carbocycles. The summed E-state index contributed by atoms with van der Waals surface area (Å²) in [6.07, 6.45) is 1.66. The molecular formula is C15H16N2O3. The molecule has 1 aromatic heterocycles. The molecule has 0 aliphatic carbocycles. The van der Waals surface area contributed by atoms with Crippen LogP contribution in [0.25, 0.3) is 0 Å². The highest BCUT2D eigenvalue weighted by molar-refractivity contribution is 5.78. The van der Waals surface area contributed by atoms with Crippen LogP contribution in [0.15, 0.2) is 48.7 Å². The molecule has 0 fully saturated rings. The molecule has 0 aliphatic heterocycles. The van der Waals surface area contributed by atoms with Crippen LogP contribution >= 0.6 is 0 Å². The Morgan fingerprint density at radius 2 is 2.10 bits per heavy atom. The number of ether oxygens (including phenoxy) is 2. The second kappa shape index (κ2) is 6.56. The molecule has 2 rings (SSSR count). The van der Waals surface area contributed by atoms with E-state index in [-0.39, 0.29) is 5.97 Å². The van der Waals surface area contributed by atoms with E-state index in [4.69, 9.17) is 4.74 Å². The van der Waals surface area contributed by atoms with Crippen LogP contribution in [0, 0.1) is 0 Å². The third-order valence-electron chi connectivity index (χ3n) is 2.63. The summed E-state index contributed by atoms with van der Waals surface area (Å²) in [5.74, 6) is 0.845. The third kappa shape index (κ3) is 3.71. The predicted molar refractivity (Wildman–Crippen MR) is 75.9 cm³/mol. The minimum absolute atomic E-state index is 0.318. The van der Waals surface area contributed by atoms with Gasteiger partial charge >= 0.3 is 5.97 Å². The first-order valence-electron chi connectivity index (χ1n) is 6.22. The average Bonchev–Trinajstić information content (AvgIpc) is 2.47. The van der Waals surface area contributed by atoms with Crippen LogP contribution in [0.3, 0.4) is 0 Å². The largest absolute Gasteiger partial charge is 0.467 e. The molecule has 5 heteroatoms. The summed E-state index contributed by atoms with van der Waals surface area (Å²) in [7, 11) is 1.36. The molecule has 2 aromatic rings. The van der Waals surface area contributed by atoms with Gasteiger partial charge in [0, 0.05) is 24.0 Å². The van der Waals surface area contributed by atoms with Gasteiger partial charge < -0.3 is 14.8 Å². The monoisotopic (exact) mass is 272 g/mol. The van der Waals surface area contributed by atoms with Crippen LogP contribution in [-0.4, -0.2) is 24.1 Å². The number of methoxy groups -OCH3 is 1. The predicted octanol–water partition coefficient (Wildman–Crippen LogP) is 2.85. The Morgan fingerprint density at radius 1 is 1.25 bits per heavy atom. The van der Waals surface area contributed by atoms with Crippen molar-refractivity contribution in [1.82, 2.24) is 4.98 Å². The number of anilines is 1. The van der Waals surface area contributed by atoms with Gasteiger partial charge in [-0.1, -0.05) is 12.1 Å². The van der Waals surface area contributed by atoms with Gasteiger partial charge in [0.25, 0.3) is 0 Å². The van der Waals surface area contributed by atoms with Crippen molar-refractivity contribution in [2.75, 3.05) is 12.4 Å². The number of pyridine rings is 1. The van der Waals surface area contributed by atoms with Crippen molar-refractivity contribution in [1.29, 1.82) is 0 Å². The maximum absolute atomic E-state index is 11.4. The molecule has 0 bridgehead atoms. The van der Waals surface area contributed by atoms with Crippen LogP contribution in [0.4, 0.5) is 5.69 Å². The van der Waals surface area contributed by atoms with E-state index < -0.39 is 6.04 Å². The van der Waals surface area contributed by atoms with Crippen molar-refractivity contribution in [3.8, 4) is 11.6 Å². The van der Waals surface area contributed by atoms with Gasteiger partial charge in [-0.15, -0.1) is 0 Å². The molecular weight excluding hydrogens is 256 g/mol. The number of aromatic nitrogens is 1. The van der Waals surface area contributed by atoms with Gasteiger partial charge in [0.05, 0.1) is 7.11 Å². The topological polar surface area (TPSA) is 60.5 Å². The van der Waals surface area contributed by atoms with Crippen molar-refractivity contribution in [2.24, 2.45) is 0 Å². The fourth-order valence-corrected chi connectivity index (χ4v) is 1.66. The first-order chi connectivity index (χ1) is 9.69. The van der Waals surface area contributed by atoms with Crippen molar-refractivity contribution < 1.29 is 14.3 Å². The number of benzene rings is 1. The van der Waals surface area contributed by atoms with E-state index in [1.807, 2.05) is 30.3 Å². The summed E-state index contributed by atoms with van der Waals surface area (Å²) in [5.41, 5.74) is 0.774. The summed E-state index contributed by atoms with van der Waals surface area (Å²) in [6, 6.07) is 12.3. The number of hydrogen-bond acceptors (Lipinski definition) is 5. The summed E-state index contributed by atoms with van der Waals surface area (Å²) in [4.78, 5) is 15.5. The second-order valence-corrected chi connectivity index (χ2v) is 4.19. The molecule has 0 spiro atoms. The van der Waals surface area contributed by atoms with Gasteiger partial charge in [0.15, 0.2) is 0 Å². The molecule has 104 valence electrons. The first kappa shape index (κ1) is 13.9. The lowest BCUT2D eigenvalue weighted by Crippen LogP contribution is -2.27. The van der Waals surface area contributed by atoms with Crippen LogP contribution in [-0.2, 0) is 9.53 Å². The molecule has 0 amide bonds. The maximum Gasteiger partial charge on any atom is 0.327 e. The zero-order chi connectivity index (χ0) is 14.4. The Morgan fingerprint density at radius 3 is 2.80 bits per heavy atom. The van der Waals surface area contributed by atoms with E-state index in [9.17, 15) is 4.79 Å². The SMILES string of the molecule is COC(=O)[C@H](C)Nc1cccc(Oc2ccccn2)c1. The van der Waals surface area contributed by atoms with Crippen molar-refractivity contribution in [2.45, 2.75) is 13.0 Å². The Bertz CT molecular complexity index is 572. The summed E-state index contributed by atoms with van der Waals surface area (Å²) in [5, 5.41) is 3.04. The van der Waals surface area contributed by atoms with E-state index in [0.29, 0.717) is 11.6 Å². The average molecular weight is 272 g/mol. The minimum atomic E-state index is -0.426. The van der Waals surface area contributed by atoms with Gasteiger partial charge in [-0.2, -0.15) is 0 Å². The Balaban J connectivity index is 2.06. The van der Waals surface area contributed by atoms with Gasteiger partial charge in [-0.3, -0.25) is 0 Å². The zero-order valence-corrected chi connectivity index (χ0v) is 11.4. The van der Waals surface area contributed by atoms with Crippen molar-refractivity contribution >= 4 is 11.7 Å². The van der Waals surface area contributed by atoms with Gasteiger partial charge in [0.1, 0.15) is 11.8 Å². The Kier molecular flexibility index (Phi) is 4.55. The lowest BCUT2D eigenvalue weighted by atomic mass is 10.2. The normalized spacial score (nSPS) is 11.5. The highest BCUT2D eigenvalue weighted by atomic mass is 16.5. The minimum Gasteiger partial charge on any atom is -0.467 e. The molecule has 0 saturated carbocycles. The number of nitrogens with zero attached hydrogens (tertiary/aromatic N) is 1. The second-order valence-electron chi connectivity index (χ2n) is 4.19.